The van der Waals surface area contributed by atoms with Crippen molar-refractivity contribution in [2.75, 3.05) is 9.80 Å². The number of hydrogen-bond donors (Lipinski definition) is 0. The highest BCUT2D eigenvalue weighted by atomic mass is 35.5. The van der Waals surface area contributed by atoms with E-state index in [4.69, 9.17) is 16.0 Å². The van der Waals surface area contributed by atoms with Gasteiger partial charge in [0.15, 0.2) is 0 Å². The average Bonchev–Trinajstić information content (AvgIpc) is 3.62. The van der Waals surface area contributed by atoms with Crippen molar-refractivity contribution in [1.82, 2.24) is 0 Å². The first kappa shape index (κ1) is 36.9. The summed E-state index contributed by atoms with van der Waals surface area (Å²) >= 11 is 7.46. The summed E-state index contributed by atoms with van der Waals surface area (Å²) in [4.78, 5) is 5.29. The van der Waals surface area contributed by atoms with Crippen molar-refractivity contribution in [3.05, 3.63) is 118 Å². The van der Waals surface area contributed by atoms with Crippen LogP contribution in [0.2, 0.25) is 5.02 Å². The number of benzene rings is 5. The van der Waals surface area contributed by atoms with E-state index in [1.165, 1.54) is 74.9 Å². The second-order valence-corrected chi connectivity index (χ2v) is 21.5. The van der Waals surface area contributed by atoms with Crippen molar-refractivity contribution in [3.8, 4) is 11.1 Å². The fourth-order valence-electron chi connectivity index (χ4n) is 11.0. The number of rotatable bonds is 2. The Balaban J connectivity index is 1.37. The molecule has 1 saturated carbocycles. The number of anilines is 5. The van der Waals surface area contributed by atoms with Gasteiger partial charge in [0.05, 0.1) is 22.6 Å². The van der Waals surface area contributed by atoms with Gasteiger partial charge in [-0.1, -0.05) is 148 Å². The van der Waals surface area contributed by atoms with Crippen LogP contribution < -0.4 is 26.4 Å². The maximum Gasteiger partial charge on any atom is 0.297 e. The molecule has 0 spiro atoms. The summed E-state index contributed by atoms with van der Waals surface area (Å²) in [7, 11) is 0. The number of nitrogens with zero attached hydrogens (tertiary/aromatic N) is 2. The first-order valence-electron chi connectivity index (χ1n) is 21.2. The van der Waals surface area contributed by atoms with Crippen molar-refractivity contribution >= 4 is 74.3 Å². The molecule has 0 bridgehead atoms. The lowest BCUT2D eigenvalue weighted by Crippen LogP contribution is -2.64. The Morgan fingerprint density at radius 3 is 2.00 bits per heavy atom. The highest BCUT2D eigenvalue weighted by molar-refractivity contribution is 7.00. The van der Waals surface area contributed by atoms with Gasteiger partial charge in [-0.15, -0.1) is 0 Å². The van der Waals surface area contributed by atoms with E-state index in [-0.39, 0.29) is 33.9 Å². The van der Waals surface area contributed by atoms with Gasteiger partial charge < -0.3 is 14.2 Å². The van der Waals surface area contributed by atoms with E-state index in [9.17, 15) is 0 Å². The van der Waals surface area contributed by atoms with Gasteiger partial charge in [-0.2, -0.15) is 0 Å². The molecule has 0 N–H and O–H groups in total. The topological polar surface area (TPSA) is 19.6 Å². The first-order chi connectivity index (χ1) is 26.8. The van der Waals surface area contributed by atoms with E-state index < -0.39 is 0 Å². The summed E-state index contributed by atoms with van der Waals surface area (Å²) in [5.74, 6) is 0. The third kappa shape index (κ3) is 5.11. The molecule has 0 radical (unpaired) electrons. The van der Waals surface area contributed by atoms with Crippen molar-refractivity contribution < 1.29 is 4.42 Å². The van der Waals surface area contributed by atoms with Crippen LogP contribution in [0.5, 0.6) is 0 Å². The SMILES string of the molecule is CC(C)(C)c1ccc(N2c3cc(Cl)cc4c3B(c3cc(C(C)(C)C)cc5c3N4C3(C)CCCCC53C)c3oc4ccc(C(C)(C)C)cc4c32)c(-c2ccccc2)c1. The van der Waals surface area contributed by atoms with Crippen LogP contribution in [0.15, 0.2) is 95.4 Å². The molecule has 0 saturated heterocycles. The Hall–Kier alpha value is -4.41. The molecule has 2 unspecified atom stereocenters. The molecule has 4 aliphatic rings. The van der Waals surface area contributed by atoms with Crippen molar-refractivity contribution in [1.29, 1.82) is 0 Å². The number of halogens is 1. The fraction of sp³-hybridized carbons (Fsp3) is 0.385. The standard InChI is InChI=1S/C52H56BClN2O/c1-48(2,3)32-19-21-40(36(25-32)31-17-13-12-14-18-31)55-41-29-35(54)30-42-44(41)53(47-45(55)37-26-33(49(4,5)6)20-22-43(37)57-47)39-28-34(50(7,8)9)27-38-46(39)56(42)52(11)24-16-15-23-51(38,52)10/h12-14,17-22,25-30H,15-16,23-24H2,1-11H3. The Morgan fingerprint density at radius 1 is 0.649 bits per heavy atom. The van der Waals surface area contributed by atoms with Gasteiger partial charge in [0.2, 0.25) is 0 Å². The van der Waals surface area contributed by atoms with Crippen molar-refractivity contribution in [2.45, 2.75) is 129 Å². The highest BCUT2D eigenvalue weighted by Crippen LogP contribution is 2.62. The summed E-state index contributed by atoms with van der Waals surface area (Å²) in [6, 6.07) is 34.5. The molecule has 10 rings (SSSR count). The average molecular weight is 771 g/mol. The number of hydrogen-bond acceptors (Lipinski definition) is 3. The van der Waals surface area contributed by atoms with E-state index in [0.29, 0.717) is 0 Å². The molecular formula is C52H56BClN2O. The molecule has 6 aromatic rings. The third-order valence-corrected chi connectivity index (χ3v) is 14.7. The van der Waals surface area contributed by atoms with E-state index in [1.807, 2.05) is 0 Å². The van der Waals surface area contributed by atoms with Crippen LogP contribution in [0.4, 0.5) is 28.4 Å². The van der Waals surface area contributed by atoms with Gasteiger partial charge in [-0.25, -0.2) is 0 Å². The lowest BCUT2D eigenvalue weighted by molar-refractivity contribution is 0.195. The van der Waals surface area contributed by atoms with E-state index in [1.54, 1.807) is 0 Å². The smallest absolute Gasteiger partial charge is 0.297 e. The molecule has 2 atom stereocenters. The molecule has 290 valence electrons. The van der Waals surface area contributed by atoms with Gasteiger partial charge in [0.25, 0.3) is 6.71 Å². The Bertz CT molecular complexity index is 2650. The molecule has 1 fully saturated rings. The maximum absolute atomic E-state index is 7.46. The van der Waals surface area contributed by atoms with Gasteiger partial charge in [-0.3, -0.25) is 0 Å². The van der Waals surface area contributed by atoms with Crippen LogP contribution in [0, 0.1) is 0 Å². The Labute approximate surface area is 345 Å². The lowest BCUT2D eigenvalue weighted by Gasteiger charge is -2.52. The van der Waals surface area contributed by atoms with E-state index in [2.05, 4.69) is 177 Å². The van der Waals surface area contributed by atoms with Gasteiger partial charge in [-0.05, 0) is 111 Å². The largest absolute Gasteiger partial charge is 0.468 e. The van der Waals surface area contributed by atoms with E-state index >= 15 is 0 Å². The van der Waals surface area contributed by atoms with Gasteiger partial charge >= 0.3 is 0 Å². The molecule has 1 aliphatic carbocycles. The lowest BCUT2D eigenvalue weighted by atomic mass is 9.35. The van der Waals surface area contributed by atoms with Crippen LogP contribution in [-0.4, -0.2) is 12.3 Å². The van der Waals surface area contributed by atoms with Crippen molar-refractivity contribution in [3.63, 3.8) is 0 Å². The molecular weight excluding hydrogens is 715 g/mol. The van der Waals surface area contributed by atoms with E-state index in [0.717, 1.165) is 45.1 Å². The fourth-order valence-corrected chi connectivity index (χ4v) is 11.2. The molecule has 3 aliphatic heterocycles. The summed E-state index contributed by atoms with van der Waals surface area (Å²) in [5.41, 5.74) is 18.3. The highest BCUT2D eigenvalue weighted by Gasteiger charge is 2.62. The van der Waals surface area contributed by atoms with Crippen LogP contribution in [0.3, 0.4) is 0 Å². The zero-order valence-electron chi connectivity index (χ0n) is 35.7. The minimum absolute atomic E-state index is 0.0133. The maximum atomic E-state index is 7.46. The minimum Gasteiger partial charge on any atom is -0.468 e. The van der Waals surface area contributed by atoms with Gasteiger partial charge in [0.1, 0.15) is 5.58 Å². The number of furan rings is 1. The molecule has 5 heteroatoms. The monoisotopic (exact) mass is 770 g/mol. The first-order valence-corrected chi connectivity index (χ1v) is 21.6. The zero-order chi connectivity index (χ0) is 40.2. The van der Waals surface area contributed by atoms with Crippen LogP contribution in [-0.2, 0) is 21.7 Å². The molecule has 3 nitrogen and oxygen atoms in total. The Kier molecular flexibility index (Phi) is 7.67. The second kappa shape index (κ2) is 11.8. The molecule has 57 heavy (non-hydrogen) atoms. The zero-order valence-corrected chi connectivity index (χ0v) is 36.5. The summed E-state index contributed by atoms with van der Waals surface area (Å²) < 4.78 is 7.37. The van der Waals surface area contributed by atoms with Crippen LogP contribution in [0.25, 0.3) is 22.1 Å². The Morgan fingerprint density at radius 2 is 1.30 bits per heavy atom. The summed E-state index contributed by atoms with van der Waals surface area (Å²) in [6.07, 6.45) is 4.78. The summed E-state index contributed by atoms with van der Waals surface area (Å²) in [6.45, 7) is 25.9. The summed E-state index contributed by atoms with van der Waals surface area (Å²) in [5, 5.41) is 1.90. The molecule has 5 aromatic carbocycles. The van der Waals surface area contributed by atoms with Crippen LogP contribution in [0.1, 0.15) is 124 Å². The quantitative estimate of drug-likeness (QED) is 0.163. The molecule has 0 amide bonds. The van der Waals surface area contributed by atoms with Crippen LogP contribution >= 0.6 is 11.6 Å². The minimum atomic E-state index is -0.105. The molecule has 4 heterocycles. The molecule has 1 aromatic heterocycles. The normalized spacial score (nSPS) is 21.1. The number of fused-ring (bicyclic) bond motifs is 9. The predicted octanol–water partition coefficient (Wildman–Crippen LogP) is 13.0. The van der Waals surface area contributed by atoms with Crippen molar-refractivity contribution in [2.24, 2.45) is 0 Å². The second-order valence-electron chi connectivity index (χ2n) is 21.1. The predicted molar refractivity (Wildman–Crippen MR) is 245 cm³/mol. The van der Waals surface area contributed by atoms with Gasteiger partial charge in [0, 0.05) is 38.4 Å². The third-order valence-electron chi connectivity index (χ3n) is 14.5.